The maximum Gasteiger partial charge on any atom is 0.277 e. The zero-order valence-electron chi connectivity index (χ0n) is 14.3. The molecule has 0 spiro atoms. The third-order valence-electron chi connectivity index (χ3n) is 3.81. The molecule has 0 aliphatic rings. The monoisotopic (exact) mass is 352 g/mol. The second-order valence-electron chi connectivity index (χ2n) is 5.65. The summed E-state index contributed by atoms with van der Waals surface area (Å²) in [5.41, 5.74) is 3.34. The van der Waals surface area contributed by atoms with Crippen molar-refractivity contribution >= 4 is 33.7 Å². The largest absolute Gasteiger partial charge is 0.484 e. The van der Waals surface area contributed by atoms with Crippen LogP contribution in [-0.2, 0) is 11.2 Å². The third kappa shape index (κ3) is 4.45. The van der Waals surface area contributed by atoms with Gasteiger partial charge >= 0.3 is 0 Å². The number of carbonyl (C=O) groups excluding carboxylic acids is 1. The van der Waals surface area contributed by atoms with Gasteiger partial charge in [0.25, 0.3) is 5.91 Å². The fourth-order valence-electron chi connectivity index (χ4n) is 2.40. The number of thiophene rings is 1. The number of fused-ring (bicyclic) bond motifs is 1. The topological polar surface area (TPSA) is 50.7 Å². The number of hydrogen-bond donors (Lipinski definition) is 1. The van der Waals surface area contributed by atoms with Crippen molar-refractivity contribution in [3.63, 3.8) is 0 Å². The molecule has 0 aliphatic carbocycles. The van der Waals surface area contributed by atoms with E-state index in [0.29, 0.717) is 5.75 Å². The van der Waals surface area contributed by atoms with Gasteiger partial charge in [-0.15, -0.1) is 11.3 Å². The molecule has 128 valence electrons. The normalized spacial score (nSPS) is 11.5. The number of ether oxygens (including phenoxy) is 1. The lowest BCUT2D eigenvalue weighted by Gasteiger charge is -2.06. The predicted molar refractivity (Wildman–Crippen MR) is 103 cm³/mol. The number of nitrogens with zero attached hydrogens (tertiary/aromatic N) is 1. The molecule has 4 nitrogen and oxygen atoms in total. The van der Waals surface area contributed by atoms with Crippen LogP contribution in [0.25, 0.3) is 10.8 Å². The van der Waals surface area contributed by atoms with Gasteiger partial charge in [-0.3, -0.25) is 4.79 Å². The molecule has 5 heteroatoms. The summed E-state index contributed by atoms with van der Waals surface area (Å²) in [6, 6.07) is 17.9. The SMILES string of the molecule is CCc1ccc(C(C)=NNC(=O)COc2ccc3ccccc3c2)s1. The molecule has 2 aromatic carbocycles. The highest BCUT2D eigenvalue weighted by Gasteiger charge is 2.05. The van der Waals surface area contributed by atoms with E-state index in [1.165, 1.54) is 4.88 Å². The number of carbonyl (C=O) groups is 1. The summed E-state index contributed by atoms with van der Waals surface area (Å²) in [6.45, 7) is 3.93. The van der Waals surface area contributed by atoms with Gasteiger partial charge in [-0.25, -0.2) is 5.43 Å². The second-order valence-corrected chi connectivity index (χ2v) is 6.82. The van der Waals surface area contributed by atoms with Crippen molar-refractivity contribution in [2.75, 3.05) is 6.61 Å². The molecule has 1 aromatic heterocycles. The zero-order chi connectivity index (χ0) is 17.6. The van der Waals surface area contributed by atoms with E-state index in [4.69, 9.17) is 4.74 Å². The lowest BCUT2D eigenvalue weighted by Crippen LogP contribution is -2.25. The first-order valence-corrected chi connectivity index (χ1v) is 9.01. The van der Waals surface area contributed by atoms with Crippen molar-refractivity contribution in [1.82, 2.24) is 5.43 Å². The number of nitrogens with one attached hydrogen (secondary N) is 1. The van der Waals surface area contributed by atoms with Gasteiger partial charge < -0.3 is 4.74 Å². The Hall–Kier alpha value is -2.66. The van der Waals surface area contributed by atoms with Crippen molar-refractivity contribution in [3.05, 3.63) is 64.4 Å². The minimum atomic E-state index is -0.278. The van der Waals surface area contributed by atoms with Crippen molar-refractivity contribution in [2.45, 2.75) is 20.3 Å². The summed E-state index contributed by atoms with van der Waals surface area (Å²) >= 11 is 1.69. The molecule has 0 radical (unpaired) electrons. The van der Waals surface area contributed by atoms with Gasteiger partial charge in [0.2, 0.25) is 0 Å². The Bertz CT molecular complexity index is 915. The van der Waals surface area contributed by atoms with Crippen molar-refractivity contribution in [3.8, 4) is 5.75 Å². The molecule has 0 fully saturated rings. The summed E-state index contributed by atoms with van der Waals surface area (Å²) in [5, 5.41) is 6.37. The fourth-order valence-corrected chi connectivity index (χ4v) is 3.29. The molecule has 0 atom stereocenters. The van der Waals surface area contributed by atoms with Crippen molar-refractivity contribution in [1.29, 1.82) is 0 Å². The summed E-state index contributed by atoms with van der Waals surface area (Å²) in [5.74, 6) is 0.389. The van der Waals surface area contributed by atoms with Crippen LogP contribution in [0.5, 0.6) is 5.75 Å². The van der Waals surface area contributed by atoms with Gasteiger partial charge in [-0.1, -0.05) is 37.3 Å². The van der Waals surface area contributed by atoms with E-state index in [-0.39, 0.29) is 12.5 Å². The predicted octanol–water partition coefficient (Wildman–Crippen LogP) is 4.38. The smallest absolute Gasteiger partial charge is 0.277 e. The van der Waals surface area contributed by atoms with Crippen LogP contribution in [0.3, 0.4) is 0 Å². The summed E-state index contributed by atoms with van der Waals surface area (Å²) in [7, 11) is 0. The summed E-state index contributed by atoms with van der Waals surface area (Å²) in [4.78, 5) is 14.3. The molecule has 0 saturated carbocycles. The molecule has 1 N–H and O–H groups in total. The lowest BCUT2D eigenvalue weighted by molar-refractivity contribution is -0.123. The summed E-state index contributed by atoms with van der Waals surface area (Å²) < 4.78 is 5.56. The van der Waals surface area contributed by atoms with E-state index in [1.807, 2.05) is 55.5 Å². The Balaban J connectivity index is 1.55. The average Bonchev–Trinajstić information content (AvgIpc) is 3.13. The molecule has 3 aromatic rings. The van der Waals surface area contributed by atoms with E-state index in [9.17, 15) is 4.79 Å². The van der Waals surface area contributed by atoms with Crippen LogP contribution in [0.4, 0.5) is 0 Å². The van der Waals surface area contributed by atoms with Crippen LogP contribution in [-0.4, -0.2) is 18.2 Å². The van der Waals surface area contributed by atoms with Crippen LogP contribution < -0.4 is 10.2 Å². The molecule has 0 saturated heterocycles. The van der Waals surface area contributed by atoms with Crippen LogP contribution >= 0.6 is 11.3 Å². The first kappa shape index (κ1) is 17.2. The molecule has 25 heavy (non-hydrogen) atoms. The zero-order valence-corrected chi connectivity index (χ0v) is 15.1. The van der Waals surface area contributed by atoms with Crippen molar-refractivity contribution in [2.24, 2.45) is 5.10 Å². The Kier molecular flexibility index (Phi) is 5.46. The van der Waals surface area contributed by atoms with E-state index in [1.54, 1.807) is 11.3 Å². The first-order valence-electron chi connectivity index (χ1n) is 8.19. The Morgan fingerprint density at radius 1 is 1.12 bits per heavy atom. The minimum absolute atomic E-state index is 0.0697. The van der Waals surface area contributed by atoms with Crippen LogP contribution in [0.2, 0.25) is 0 Å². The van der Waals surface area contributed by atoms with Gasteiger partial charge in [0.1, 0.15) is 5.75 Å². The van der Waals surface area contributed by atoms with Gasteiger partial charge in [0.15, 0.2) is 6.61 Å². The third-order valence-corrected chi connectivity index (χ3v) is 5.14. The minimum Gasteiger partial charge on any atom is -0.484 e. The Labute approximate surface area is 151 Å². The lowest BCUT2D eigenvalue weighted by atomic mass is 10.1. The molecule has 0 unspecified atom stereocenters. The maximum atomic E-state index is 11.9. The van der Waals surface area contributed by atoms with E-state index >= 15 is 0 Å². The van der Waals surface area contributed by atoms with Gasteiger partial charge in [-0.05, 0) is 48.4 Å². The number of aryl methyl sites for hydroxylation is 1. The number of benzene rings is 2. The van der Waals surface area contributed by atoms with Crippen LogP contribution in [0, 0.1) is 0 Å². The summed E-state index contributed by atoms with van der Waals surface area (Å²) in [6.07, 6.45) is 1.00. The Morgan fingerprint density at radius 3 is 2.68 bits per heavy atom. The maximum absolute atomic E-state index is 11.9. The first-order chi connectivity index (χ1) is 12.2. The fraction of sp³-hybridized carbons (Fsp3) is 0.200. The standard InChI is InChI=1S/C20H20N2O2S/c1-3-18-10-11-19(25-18)14(2)21-22-20(23)13-24-17-9-8-15-6-4-5-7-16(15)12-17/h4-12H,3,13H2,1-2H3,(H,22,23). The molecule has 3 rings (SSSR count). The van der Waals surface area contributed by atoms with Gasteiger partial charge in [-0.2, -0.15) is 5.10 Å². The van der Waals surface area contributed by atoms with E-state index in [0.717, 1.165) is 27.8 Å². The molecule has 0 bridgehead atoms. The van der Waals surface area contributed by atoms with Gasteiger partial charge in [0, 0.05) is 4.88 Å². The highest BCUT2D eigenvalue weighted by Crippen LogP contribution is 2.20. The molecular formula is C20H20N2O2S. The highest BCUT2D eigenvalue weighted by atomic mass is 32.1. The number of hydrogen-bond acceptors (Lipinski definition) is 4. The number of rotatable bonds is 6. The molecule has 0 aliphatic heterocycles. The average molecular weight is 352 g/mol. The molecule has 1 amide bonds. The van der Waals surface area contributed by atoms with E-state index < -0.39 is 0 Å². The number of hydrazone groups is 1. The van der Waals surface area contributed by atoms with Crippen LogP contribution in [0.1, 0.15) is 23.6 Å². The Morgan fingerprint density at radius 2 is 1.92 bits per heavy atom. The highest BCUT2D eigenvalue weighted by molar-refractivity contribution is 7.14. The molecular weight excluding hydrogens is 332 g/mol. The second kappa shape index (κ2) is 7.94. The quantitative estimate of drug-likeness (QED) is 0.528. The van der Waals surface area contributed by atoms with Crippen LogP contribution in [0.15, 0.2) is 59.7 Å². The van der Waals surface area contributed by atoms with E-state index in [2.05, 4.69) is 23.5 Å². The van der Waals surface area contributed by atoms with Gasteiger partial charge in [0.05, 0.1) is 10.6 Å². The van der Waals surface area contributed by atoms with Crippen molar-refractivity contribution < 1.29 is 9.53 Å². The molecule has 1 heterocycles. The number of amides is 1.